The van der Waals surface area contributed by atoms with E-state index < -0.39 is 23.3 Å². The quantitative estimate of drug-likeness (QED) is 0.583. The Bertz CT molecular complexity index is 366. The molecular weight excluding hydrogens is 252 g/mol. The molecule has 7 heteroatoms. The molecule has 0 radical (unpaired) electrons. The van der Waals surface area contributed by atoms with Gasteiger partial charge in [-0.1, -0.05) is 30.3 Å². The van der Waals surface area contributed by atoms with Crippen molar-refractivity contribution in [3.8, 4) is 0 Å². The molecule has 0 unspecified atom stereocenters. The number of aliphatic carboxylic acids is 1. The van der Waals surface area contributed by atoms with E-state index in [-0.39, 0.29) is 51.4 Å². The third-order valence-electron chi connectivity index (χ3n) is 1.90. The molecule has 0 amide bonds. The number of carbonyl (C=O) groups is 1. The summed E-state index contributed by atoms with van der Waals surface area (Å²) >= 11 is 0. The zero-order chi connectivity index (χ0) is 11.7. The standard InChI is InChI=1S/C9H7F3O3.K/c10-9(11,12)8(15,7(13)14)6-4-2-1-3-5-6;/h1-5,15H,(H,13,14);/q;+1/p-1/t8-;/m0./s1. The summed E-state index contributed by atoms with van der Waals surface area (Å²) < 4.78 is 37.1. The molecule has 0 aliphatic carbocycles. The van der Waals surface area contributed by atoms with Crippen LogP contribution in [0.3, 0.4) is 0 Å². The fraction of sp³-hybridized carbons (Fsp3) is 0.222. The molecule has 0 aliphatic rings. The minimum absolute atomic E-state index is 0. The zero-order valence-electron chi connectivity index (χ0n) is 8.28. The molecule has 1 N–H and O–H groups in total. The summed E-state index contributed by atoms with van der Waals surface area (Å²) in [5.41, 5.74) is -4.74. The summed E-state index contributed by atoms with van der Waals surface area (Å²) in [6, 6.07) is 5.51. The van der Waals surface area contributed by atoms with E-state index in [0.717, 1.165) is 12.1 Å². The largest absolute Gasteiger partial charge is 1.00 e. The summed E-state index contributed by atoms with van der Waals surface area (Å²) in [4.78, 5) is 10.4. The maximum Gasteiger partial charge on any atom is 1.00 e. The number of carbonyl (C=O) groups excluding carboxylic acids is 1. The first-order chi connectivity index (χ1) is 6.80. The molecule has 82 valence electrons. The molecule has 1 rings (SSSR count). The number of benzene rings is 1. The second-order valence-corrected chi connectivity index (χ2v) is 2.86. The van der Waals surface area contributed by atoms with Crippen LogP contribution in [0.1, 0.15) is 5.56 Å². The van der Waals surface area contributed by atoms with Crippen molar-refractivity contribution in [2.24, 2.45) is 0 Å². The normalized spacial score (nSPS) is 14.8. The van der Waals surface area contributed by atoms with Crippen molar-refractivity contribution < 1.29 is 79.6 Å². The van der Waals surface area contributed by atoms with Gasteiger partial charge in [0.05, 0.1) is 5.97 Å². The number of carboxylic acids is 1. The third kappa shape index (κ3) is 2.85. The van der Waals surface area contributed by atoms with Crippen LogP contribution in [0.15, 0.2) is 30.3 Å². The van der Waals surface area contributed by atoms with Gasteiger partial charge in [0.2, 0.25) is 5.60 Å². The fourth-order valence-electron chi connectivity index (χ4n) is 1.08. The maximum absolute atomic E-state index is 12.4. The minimum Gasteiger partial charge on any atom is -0.546 e. The van der Waals surface area contributed by atoms with Gasteiger partial charge >= 0.3 is 57.6 Å². The van der Waals surface area contributed by atoms with Gasteiger partial charge in [-0.2, -0.15) is 13.2 Å². The molecule has 0 aromatic heterocycles. The molecule has 0 fully saturated rings. The molecular formula is C9H6F3KO3. The zero-order valence-corrected chi connectivity index (χ0v) is 11.4. The Balaban J connectivity index is 0.00000225. The SMILES string of the molecule is O=C([O-])[C@@](O)(c1ccccc1)C(F)(F)F.[K+]. The van der Waals surface area contributed by atoms with Crippen molar-refractivity contribution in [3.05, 3.63) is 35.9 Å². The summed E-state index contributed by atoms with van der Waals surface area (Å²) in [7, 11) is 0. The first-order valence-corrected chi connectivity index (χ1v) is 3.86. The van der Waals surface area contributed by atoms with Crippen molar-refractivity contribution in [2.45, 2.75) is 11.8 Å². The maximum atomic E-state index is 12.4. The van der Waals surface area contributed by atoms with Crippen LogP contribution >= 0.6 is 0 Å². The average Bonchev–Trinajstić information content (AvgIpc) is 2.16. The van der Waals surface area contributed by atoms with Gasteiger partial charge in [0.25, 0.3) is 0 Å². The van der Waals surface area contributed by atoms with Crippen LogP contribution in [0.2, 0.25) is 0 Å². The molecule has 1 aromatic carbocycles. The van der Waals surface area contributed by atoms with E-state index in [1.54, 1.807) is 0 Å². The number of carboxylic acid groups (broad SMARTS) is 1. The van der Waals surface area contributed by atoms with Crippen molar-refractivity contribution in [3.63, 3.8) is 0 Å². The van der Waals surface area contributed by atoms with Crippen LogP contribution in [0, 0.1) is 0 Å². The van der Waals surface area contributed by atoms with Gasteiger partial charge in [-0.25, -0.2) is 0 Å². The van der Waals surface area contributed by atoms with E-state index >= 15 is 0 Å². The van der Waals surface area contributed by atoms with E-state index in [9.17, 15) is 23.1 Å². The Morgan fingerprint density at radius 2 is 1.62 bits per heavy atom. The Hall–Kier alpha value is 0.0764. The average molecular weight is 258 g/mol. The molecule has 0 aliphatic heterocycles. The Labute approximate surface area is 132 Å². The first kappa shape index (κ1) is 16.1. The number of hydrogen-bond acceptors (Lipinski definition) is 3. The molecule has 0 bridgehead atoms. The topological polar surface area (TPSA) is 60.4 Å². The summed E-state index contributed by atoms with van der Waals surface area (Å²) in [5, 5.41) is 19.5. The molecule has 0 spiro atoms. The predicted molar refractivity (Wildman–Crippen MR) is 41.4 cm³/mol. The van der Waals surface area contributed by atoms with E-state index in [1.807, 2.05) is 0 Å². The number of rotatable bonds is 2. The van der Waals surface area contributed by atoms with Crippen molar-refractivity contribution >= 4 is 5.97 Å². The van der Waals surface area contributed by atoms with Crippen LogP contribution in [0.4, 0.5) is 13.2 Å². The Morgan fingerprint density at radius 1 is 1.19 bits per heavy atom. The van der Waals surface area contributed by atoms with Gasteiger partial charge in [0.1, 0.15) is 0 Å². The van der Waals surface area contributed by atoms with Gasteiger partial charge in [-0.3, -0.25) is 0 Å². The molecule has 16 heavy (non-hydrogen) atoms. The number of aliphatic hydroxyl groups is 1. The Morgan fingerprint density at radius 3 is 1.94 bits per heavy atom. The molecule has 0 heterocycles. The Kier molecular flexibility index (Phi) is 5.64. The number of halogens is 3. The van der Waals surface area contributed by atoms with E-state index in [1.165, 1.54) is 18.2 Å². The monoisotopic (exact) mass is 258 g/mol. The fourth-order valence-corrected chi connectivity index (χ4v) is 1.08. The second-order valence-electron chi connectivity index (χ2n) is 2.86. The molecule has 1 aromatic rings. The summed E-state index contributed by atoms with van der Waals surface area (Å²) in [6.45, 7) is 0. The number of alkyl halides is 3. The smallest absolute Gasteiger partial charge is 0.546 e. The van der Waals surface area contributed by atoms with Crippen molar-refractivity contribution in [1.29, 1.82) is 0 Å². The molecule has 0 saturated heterocycles. The van der Waals surface area contributed by atoms with Crippen LogP contribution < -0.4 is 56.5 Å². The van der Waals surface area contributed by atoms with Crippen LogP contribution in [0.25, 0.3) is 0 Å². The van der Waals surface area contributed by atoms with E-state index in [2.05, 4.69) is 0 Å². The van der Waals surface area contributed by atoms with Gasteiger partial charge in [0.15, 0.2) is 0 Å². The van der Waals surface area contributed by atoms with Crippen molar-refractivity contribution in [2.75, 3.05) is 0 Å². The van der Waals surface area contributed by atoms with E-state index in [0.29, 0.717) is 0 Å². The summed E-state index contributed by atoms with van der Waals surface area (Å²) in [5.74, 6) is -2.60. The van der Waals surface area contributed by atoms with Crippen LogP contribution in [-0.2, 0) is 10.4 Å². The van der Waals surface area contributed by atoms with Crippen LogP contribution in [0.5, 0.6) is 0 Å². The molecule has 1 atom stereocenters. The minimum atomic E-state index is -5.33. The van der Waals surface area contributed by atoms with Gasteiger partial charge in [-0.15, -0.1) is 0 Å². The molecule has 0 saturated carbocycles. The predicted octanol–water partition coefficient (Wildman–Crippen LogP) is -2.81. The number of hydrogen-bond donors (Lipinski definition) is 1. The van der Waals surface area contributed by atoms with Crippen molar-refractivity contribution in [1.82, 2.24) is 0 Å². The second kappa shape index (κ2) is 5.61. The summed E-state index contributed by atoms with van der Waals surface area (Å²) in [6.07, 6.45) is -5.33. The van der Waals surface area contributed by atoms with Crippen LogP contribution in [-0.4, -0.2) is 17.3 Å². The van der Waals surface area contributed by atoms with Gasteiger partial charge in [-0.05, 0) is 5.56 Å². The molecule has 3 nitrogen and oxygen atoms in total. The van der Waals surface area contributed by atoms with Gasteiger partial charge in [0, 0.05) is 0 Å². The first-order valence-electron chi connectivity index (χ1n) is 3.86. The van der Waals surface area contributed by atoms with E-state index in [4.69, 9.17) is 5.11 Å². The third-order valence-corrected chi connectivity index (χ3v) is 1.90. The van der Waals surface area contributed by atoms with Gasteiger partial charge < -0.3 is 15.0 Å².